The molecule has 8 heteroatoms. The minimum absolute atomic E-state index is 0.0989. The quantitative estimate of drug-likeness (QED) is 0.588. The molecule has 2 unspecified atom stereocenters. The van der Waals surface area contributed by atoms with Gasteiger partial charge in [0, 0.05) is 6.54 Å². The zero-order valence-corrected chi connectivity index (χ0v) is 12.0. The van der Waals surface area contributed by atoms with Crippen molar-refractivity contribution in [3.05, 3.63) is 31.5 Å². The maximum atomic E-state index is 12.4. The maximum Gasteiger partial charge on any atom is 0.336 e. The van der Waals surface area contributed by atoms with Crippen LogP contribution in [-0.2, 0) is 29.1 Å². The van der Waals surface area contributed by atoms with Gasteiger partial charge in [-0.05, 0) is 6.42 Å². The van der Waals surface area contributed by atoms with E-state index in [0.29, 0.717) is 26.2 Å². The average Bonchev–Trinajstić information content (AvgIpc) is 3.35. The molecule has 21 heavy (non-hydrogen) atoms. The first-order chi connectivity index (χ1) is 10.1. The van der Waals surface area contributed by atoms with Crippen LogP contribution in [0.15, 0.2) is 14.4 Å². The van der Waals surface area contributed by atoms with E-state index in [4.69, 9.17) is 9.47 Å². The van der Waals surface area contributed by atoms with Gasteiger partial charge >= 0.3 is 17.1 Å². The first kappa shape index (κ1) is 14.3. The van der Waals surface area contributed by atoms with E-state index in [1.54, 1.807) is 0 Å². The summed E-state index contributed by atoms with van der Waals surface area (Å²) in [6, 6.07) is 0. The normalized spacial score (nSPS) is 23.3. The Morgan fingerprint density at radius 3 is 1.71 bits per heavy atom. The number of rotatable bonds is 7. The van der Waals surface area contributed by atoms with E-state index >= 15 is 0 Å². The molecule has 2 aliphatic rings. The van der Waals surface area contributed by atoms with Crippen molar-refractivity contribution in [1.29, 1.82) is 0 Å². The monoisotopic (exact) mass is 297 g/mol. The molecule has 3 heterocycles. The predicted octanol–water partition coefficient (Wildman–Crippen LogP) is -1.23. The van der Waals surface area contributed by atoms with Gasteiger partial charge in [-0.2, -0.15) is 0 Å². The predicted molar refractivity (Wildman–Crippen MR) is 73.6 cm³/mol. The summed E-state index contributed by atoms with van der Waals surface area (Å²) in [6.07, 6.45) is 1.38. The fourth-order valence-electron chi connectivity index (χ4n) is 2.26. The fourth-order valence-corrected chi connectivity index (χ4v) is 2.26. The Bertz CT molecular complexity index is 641. The van der Waals surface area contributed by atoms with Crippen molar-refractivity contribution in [3.63, 3.8) is 0 Å². The molecule has 1 aromatic rings. The molecule has 0 radical (unpaired) electrons. The number of nitrogens with zero attached hydrogens (tertiary/aromatic N) is 3. The lowest BCUT2D eigenvalue weighted by atomic mass is 10.3. The lowest BCUT2D eigenvalue weighted by Crippen LogP contribution is -2.55. The van der Waals surface area contributed by atoms with Gasteiger partial charge in [-0.25, -0.2) is 28.1 Å². The van der Waals surface area contributed by atoms with Gasteiger partial charge < -0.3 is 9.47 Å². The van der Waals surface area contributed by atoms with Gasteiger partial charge in [0.15, 0.2) is 0 Å². The number of aromatic nitrogens is 3. The summed E-state index contributed by atoms with van der Waals surface area (Å²) in [7, 11) is 0. The van der Waals surface area contributed by atoms with Crippen LogP contribution in [0.4, 0.5) is 0 Å². The van der Waals surface area contributed by atoms with E-state index in [9.17, 15) is 14.4 Å². The van der Waals surface area contributed by atoms with Crippen LogP contribution in [0.1, 0.15) is 19.8 Å². The van der Waals surface area contributed by atoms with Gasteiger partial charge in [0.2, 0.25) is 0 Å². The van der Waals surface area contributed by atoms with Crippen LogP contribution >= 0.6 is 0 Å². The van der Waals surface area contributed by atoms with Gasteiger partial charge in [0.05, 0.1) is 38.5 Å². The minimum atomic E-state index is -0.566. The van der Waals surface area contributed by atoms with Crippen LogP contribution < -0.4 is 17.1 Å². The van der Waals surface area contributed by atoms with E-state index in [1.165, 1.54) is 0 Å². The molecule has 8 nitrogen and oxygen atoms in total. The smallest absolute Gasteiger partial charge is 0.336 e. The van der Waals surface area contributed by atoms with Crippen molar-refractivity contribution in [2.24, 2.45) is 0 Å². The third kappa shape index (κ3) is 3.01. The van der Waals surface area contributed by atoms with Crippen molar-refractivity contribution in [1.82, 2.24) is 13.7 Å². The van der Waals surface area contributed by atoms with Crippen LogP contribution in [0.2, 0.25) is 0 Å². The number of ether oxygens (including phenoxy) is 2. The molecule has 1 aromatic heterocycles. The van der Waals surface area contributed by atoms with E-state index in [-0.39, 0.29) is 25.3 Å². The Hall–Kier alpha value is -1.67. The van der Waals surface area contributed by atoms with Crippen molar-refractivity contribution in [2.45, 2.75) is 51.6 Å². The molecule has 0 aromatic carbocycles. The summed E-state index contributed by atoms with van der Waals surface area (Å²) in [5, 5.41) is 0. The molecule has 2 atom stereocenters. The zero-order valence-electron chi connectivity index (χ0n) is 12.0. The van der Waals surface area contributed by atoms with Gasteiger partial charge in [-0.1, -0.05) is 13.3 Å². The van der Waals surface area contributed by atoms with Crippen molar-refractivity contribution < 1.29 is 9.47 Å². The maximum absolute atomic E-state index is 12.4. The highest BCUT2D eigenvalue weighted by atomic mass is 16.6. The van der Waals surface area contributed by atoms with Crippen molar-refractivity contribution in [3.8, 4) is 0 Å². The van der Waals surface area contributed by atoms with Crippen LogP contribution in [0.25, 0.3) is 0 Å². The molecule has 0 bridgehead atoms. The Morgan fingerprint density at radius 1 is 0.905 bits per heavy atom. The molecule has 2 saturated heterocycles. The molecular weight excluding hydrogens is 278 g/mol. The minimum Gasteiger partial charge on any atom is -0.371 e. The van der Waals surface area contributed by atoms with E-state index in [0.717, 1.165) is 20.1 Å². The van der Waals surface area contributed by atoms with Gasteiger partial charge in [0.25, 0.3) is 0 Å². The largest absolute Gasteiger partial charge is 0.371 e. The number of hydrogen-bond donors (Lipinski definition) is 0. The second-order valence-electron chi connectivity index (χ2n) is 5.48. The summed E-state index contributed by atoms with van der Waals surface area (Å²) in [5.74, 6) is 0. The SMILES string of the molecule is CCCCn1c(=O)n(CC2CO2)c(=O)n(CC2CO2)c1=O. The van der Waals surface area contributed by atoms with Crippen LogP contribution in [0.5, 0.6) is 0 Å². The molecule has 116 valence electrons. The molecule has 0 saturated carbocycles. The lowest BCUT2D eigenvalue weighted by Gasteiger charge is -2.12. The average molecular weight is 297 g/mol. The highest BCUT2D eigenvalue weighted by molar-refractivity contribution is 4.84. The summed E-state index contributed by atoms with van der Waals surface area (Å²) in [5.41, 5.74) is -1.65. The molecule has 3 rings (SSSR count). The summed E-state index contributed by atoms with van der Waals surface area (Å²) < 4.78 is 13.5. The third-order valence-corrected chi connectivity index (χ3v) is 3.70. The molecule has 0 aliphatic carbocycles. The fraction of sp³-hybridized carbons (Fsp3) is 0.769. The van der Waals surface area contributed by atoms with E-state index in [1.807, 2.05) is 6.92 Å². The number of unbranched alkanes of at least 4 members (excludes halogenated alkanes) is 1. The van der Waals surface area contributed by atoms with Gasteiger partial charge in [-0.15, -0.1) is 0 Å². The molecular formula is C13H19N3O5. The van der Waals surface area contributed by atoms with Crippen LogP contribution in [0.3, 0.4) is 0 Å². The first-order valence-corrected chi connectivity index (χ1v) is 7.29. The topological polar surface area (TPSA) is 91.1 Å². The van der Waals surface area contributed by atoms with Gasteiger partial charge in [0.1, 0.15) is 0 Å². The van der Waals surface area contributed by atoms with Gasteiger partial charge in [-0.3, -0.25) is 0 Å². The zero-order chi connectivity index (χ0) is 15.0. The molecule has 0 spiro atoms. The van der Waals surface area contributed by atoms with Crippen LogP contribution in [0, 0.1) is 0 Å². The lowest BCUT2D eigenvalue weighted by molar-refractivity contribution is 0.339. The van der Waals surface area contributed by atoms with E-state index in [2.05, 4.69) is 0 Å². The van der Waals surface area contributed by atoms with Crippen LogP contribution in [-0.4, -0.2) is 39.1 Å². The molecule has 2 aliphatic heterocycles. The highest BCUT2D eigenvalue weighted by Crippen LogP contribution is 2.10. The standard InChI is InChI=1S/C13H19N3O5/c1-2-3-4-14-11(17)15(5-9-7-20-9)13(19)16(12(14)18)6-10-8-21-10/h9-10H,2-8H2,1H3. The molecule has 0 amide bonds. The molecule has 2 fully saturated rings. The third-order valence-electron chi connectivity index (χ3n) is 3.70. The Balaban J connectivity index is 2.06. The summed E-state index contributed by atoms with van der Waals surface area (Å²) in [4.78, 5) is 37.1. The first-order valence-electron chi connectivity index (χ1n) is 7.29. The number of hydrogen-bond acceptors (Lipinski definition) is 5. The summed E-state index contributed by atoms with van der Waals surface area (Å²) in [6.45, 7) is 3.81. The second-order valence-corrected chi connectivity index (χ2v) is 5.48. The van der Waals surface area contributed by atoms with Crippen molar-refractivity contribution in [2.75, 3.05) is 13.2 Å². The second kappa shape index (κ2) is 5.61. The Kier molecular flexibility index (Phi) is 3.81. The highest BCUT2D eigenvalue weighted by Gasteiger charge is 2.29. The Morgan fingerprint density at radius 2 is 1.33 bits per heavy atom. The Labute approximate surface area is 120 Å². The molecule has 0 N–H and O–H groups in total. The van der Waals surface area contributed by atoms with E-state index < -0.39 is 17.1 Å². The van der Waals surface area contributed by atoms with Crippen molar-refractivity contribution >= 4 is 0 Å². The summed E-state index contributed by atoms with van der Waals surface area (Å²) >= 11 is 0. The number of epoxide rings is 2.